The number of aliphatic hydroxyl groups is 2. The molecular formula is C84H161NO5. The molecule has 1 amide bonds. The first kappa shape index (κ1) is 88.1. The molecule has 0 aromatic carbocycles. The van der Waals surface area contributed by atoms with Crippen LogP contribution in [-0.2, 0) is 14.3 Å². The van der Waals surface area contributed by atoms with Gasteiger partial charge in [0.1, 0.15) is 0 Å². The van der Waals surface area contributed by atoms with E-state index in [1.165, 1.54) is 379 Å². The number of esters is 1. The Labute approximate surface area is 564 Å². The normalized spacial score (nSPS) is 12.6. The Hall–Kier alpha value is -1.92. The minimum atomic E-state index is -0.663. The second kappa shape index (κ2) is 79.5. The van der Waals surface area contributed by atoms with Gasteiger partial charge in [-0.25, -0.2) is 0 Å². The maximum absolute atomic E-state index is 12.5. The summed E-state index contributed by atoms with van der Waals surface area (Å²) in [5, 5.41) is 23.4. The first-order chi connectivity index (χ1) is 44.5. The highest BCUT2D eigenvalue weighted by Crippen LogP contribution is 2.20. The minimum absolute atomic E-state index is 0.0178. The van der Waals surface area contributed by atoms with Gasteiger partial charge in [-0.1, -0.05) is 403 Å². The monoisotopic (exact) mass is 1260 g/mol. The van der Waals surface area contributed by atoms with Crippen molar-refractivity contribution in [1.29, 1.82) is 0 Å². The fraction of sp³-hybridized carbons (Fsp3) is 0.905. The summed E-state index contributed by atoms with van der Waals surface area (Å²) in [5.74, 6) is -0.01000. The summed E-state index contributed by atoms with van der Waals surface area (Å²) in [6, 6.07) is -0.540. The van der Waals surface area contributed by atoms with E-state index in [-0.39, 0.29) is 18.5 Å². The van der Waals surface area contributed by atoms with Gasteiger partial charge in [-0.3, -0.25) is 9.59 Å². The van der Waals surface area contributed by atoms with Gasteiger partial charge in [-0.2, -0.15) is 0 Å². The number of aliphatic hydroxyl groups excluding tert-OH is 2. The van der Waals surface area contributed by atoms with Crippen LogP contribution < -0.4 is 5.32 Å². The smallest absolute Gasteiger partial charge is 0.305 e. The third kappa shape index (κ3) is 75.1. The number of hydrogen-bond acceptors (Lipinski definition) is 5. The quantitative estimate of drug-likeness (QED) is 0.0320. The first-order valence-corrected chi connectivity index (χ1v) is 41.2. The Morgan fingerprint density at radius 1 is 0.311 bits per heavy atom. The van der Waals surface area contributed by atoms with Crippen molar-refractivity contribution in [3.63, 3.8) is 0 Å². The van der Waals surface area contributed by atoms with Gasteiger partial charge in [0.15, 0.2) is 0 Å². The summed E-state index contributed by atoms with van der Waals surface area (Å²) < 4.78 is 5.51. The van der Waals surface area contributed by atoms with Gasteiger partial charge >= 0.3 is 5.97 Å². The van der Waals surface area contributed by atoms with E-state index in [1.54, 1.807) is 0 Å². The van der Waals surface area contributed by atoms with Gasteiger partial charge < -0.3 is 20.3 Å². The van der Waals surface area contributed by atoms with Crippen LogP contribution in [-0.4, -0.2) is 47.4 Å². The largest absolute Gasteiger partial charge is 0.466 e. The minimum Gasteiger partial charge on any atom is -0.466 e. The van der Waals surface area contributed by atoms with Gasteiger partial charge in [0.2, 0.25) is 5.91 Å². The van der Waals surface area contributed by atoms with Gasteiger partial charge in [-0.15, -0.1) is 0 Å². The fourth-order valence-electron chi connectivity index (χ4n) is 13.1. The molecule has 532 valence electrons. The van der Waals surface area contributed by atoms with Crippen molar-refractivity contribution in [2.75, 3.05) is 13.2 Å². The zero-order valence-electron chi connectivity index (χ0n) is 61.1. The molecule has 3 N–H and O–H groups in total. The number of ether oxygens (including phenoxy) is 1. The molecule has 6 heteroatoms. The van der Waals surface area contributed by atoms with E-state index < -0.39 is 12.1 Å². The molecule has 0 aromatic heterocycles. The lowest BCUT2D eigenvalue weighted by atomic mass is 10.0. The zero-order chi connectivity index (χ0) is 64.9. The molecule has 0 aromatic rings. The summed E-state index contributed by atoms with van der Waals surface area (Å²) >= 11 is 0. The van der Waals surface area contributed by atoms with Crippen molar-refractivity contribution in [3.05, 3.63) is 36.5 Å². The van der Waals surface area contributed by atoms with Crippen LogP contribution in [0, 0.1) is 0 Å². The third-order valence-electron chi connectivity index (χ3n) is 19.4. The predicted octanol–water partition coefficient (Wildman–Crippen LogP) is 27.4. The van der Waals surface area contributed by atoms with Crippen LogP contribution in [0.5, 0.6) is 0 Å². The number of carbonyl (C=O) groups excluding carboxylic acids is 2. The highest BCUT2D eigenvalue weighted by atomic mass is 16.5. The van der Waals surface area contributed by atoms with E-state index in [1.807, 2.05) is 0 Å². The van der Waals surface area contributed by atoms with Crippen LogP contribution in [0.15, 0.2) is 36.5 Å². The lowest BCUT2D eigenvalue weighted by molar-refractivity contribution is -0.143. The highest BCUT2D eigenvalue weighted by Gasteiger charge is 2.20. The van der Waals surface area contributed by atoms with E-state index in [4.69, 9.17) is 4.74 Å². The van der Waals surface area contributed by atoms with E-state index >= 15 is 0 Å². The second-order valence-corrected chi connectivity index (χ2v) is 28.5. The van der Waals surface area contributed by atoms with Crippen molar-refractivity contribution in [3.8, 4) is 0 Å². The molecular weight excluding hydrogens is 1100 g/mol. The maximum atomic E-state index is 12.5. The summed E-state index contributed by atoms with van der Waals surface area (Å²) in [6.07, 6.45) is 104. The number of carbonyl (C=O) groups is 2. The van der Waals surface area contributed by atoms with Crippen LogP contribution in [0.2, 0.25) is 0 Å². The Morgan fingerprint density at radius 3 is 0.856 bits per heavy atom. The molecule has 0 aliphatic carbocycles. The van der Waals surface area contributed by atoms with Gasteiger partial charge in [0.05, 0.1) is 25.4 Å². The van der Waals surface area contributed by atoms with E-state index in [0.29, 0.717) is 25.9 Å². The lowest BCUT2D eigenvalue weighted by Crippen LogP contribution is -2.45. The number of nitrogens with one attached hydrogen (secondary N) is 1. The van der Waals surface area contributed by atoms with Crippen LogP contribution >= 0.6 is 0 Å². The average molecular weight is 1270 g/mol. The number of amides is 1. The van der Waals surface area contributed by atoms with Crippen molar-refractivity contribution in [2.45, 2.75) is 475 Å². The summed E-state index contributed by atoms with van der Waals surface area (Å²) in [4.78, 5) is 24.7. The molecule has 0 spiro atoms. The standard InChI is InChI=1S/C84H161NO5/c1-3-5-7-9-11-13-15-17-19-44-48-52-56-60-64-68-72-76-82(87)81(80-86)85-83(88)77-73-69-65-61-57-53-49-46-42-40-38-36-34-32-30-28-26-24-22-21-23-25-27-29-31-33-35-37-39-41-43-47-51-55-59-63-67-71-75-79-90-84(89)78-74-70-66-62-58-54-50-45-20-18-16-14-12-10-8-6-4-2/h18,20-22,25,27,81-82,86-87H,3-17,19,23-24,26,28-80H2,1-2H3,(H,85,88)/b20-18-,22-21-,27-25-. The van der Waals surface area contributed by atoms with Gasteiger partial charge in [0.25, 0.3) is 0 Å². The van der Waals surface area contributed by atoms with Crippen molar-refractivity contribution < 1.29 is 24.5 Å². The Morgan fingerprint density at radius 2 is 0.556 bits per heavy atom. The zero-order valence-corrected chi connectivity index (χ0v) is 61.1. The Kier molecular flexibility index (Phi) is 77.8. The molecule has 0 rings (SSSR count). The first-order valence-electron chi connectivity index (χ1n) is 41.2. The Bertz CT molecular complexity index is 1460. The molecule has 0 saturated carbocycles. The number of rotatable bonds is 78. The molecule has 0 aliphatic rings. The highest BCUT2D eigenvalue weighted by molar-refractivity contribution is 5.76. The number of unbranched alkanes of at least 4 members (excludes halogenated alkanes) is 61. The van der Waals surface area contributed by atoms with Gasteiger partial charge in [-0.05, 0) is 83.5 Å². The summed E-state index contributed by atoms with van der Waals surface area (Å²) in [5.41, 5.74) is 0. The van der Waals surface area contributed by atoms with E-state index in [9.17, 15) is 19.8 Å². The molecule has 2 unspecified atom stereocenters. The lowest BCUT2D eigenvalue weighted by Gasteiger charge is -2.22. The second-order valence-electron chi connectivity index (χ2n) is 28.5. The molecule has 0 aliphatic heterocycles. The molecule has 0 fully saturated rings. The average Bonchev–Trinajstić information content (AvgIpc) is 3.69. The van der Waals surface area contributed by atoms with Crippen molar-refractivity contribution in [2.24, 2.45) is 0 Å². The van der Waals surface area contributed by atoms with Crippen LogP contribution in [0.3, 0.4) is 0 Å². The fourth-order valence-corrected chi connectivity index (χ4v) is 13.1. The van der Waals surface area contributed by atoms with Crippen molar-refractivity contribution in [1.82, 2.24) is 5.32 Å². The molecule has 0 radical (unpaired) electrons. The maximum Gasteiger partial charge on any atom is 0.305 e. The molecule has 6 nitrogen and oxygen atoms in total. The van der Waals surface area contributed by atoms with Gasteiger partial charge in [0, 0.05) is 12.8 Å². The third-order valence-corrected chi connectivity index (χ3v) is 19.4. The molecule has 2 atom stereocenters. The topological polar surface area (TPSA) is 95.9 Å². The van der Waals surface area contributed by atoms with Crippen molar-refractivity contribution >= 4 is 11.9 Å². The van der Waals surface area contributed by atoms with Crippen LogP contribution in [0.4, 0.5) is 0 Å². The Balaban J connectivity index is 3.34. The van der Waals surface area contributed by atoms with Crippen LogP contribution in [0.1, 0.15) is 463 Å². The molecule has 0 heterocycles. The summed E-state index contributed by atoms with van der Waals surface area (Å²) in [7, 11) is 0. The predicted molar refractivity (Wildman–Crippen MR) is 398 cm³/mol. The molecule has 0 bridgehead atoms. The number of allylic oxidation sites excluding steroid dienone is 6. The number of hydrogen-bond donors (Lipinski definition) is 3. The summed E-state index contributed by atoms with van der Waals surface area (Å²) in [6.45, 7) is 5.00. The molecule has 0 saturated heterocycles. The van der Waals surface area contributed by atoms with E-state index in [0.717, 1.165) is 51.4 Å². The molecule has 90 heavy (non-hydrogen) atoms. The SMILES string of the molecule is CCCCCCCC/C=C\CCCCCCCCCC(=O)OCCCCCCCCCCCCCCCCC/C=C\C/C=C\CCCCCCCCCCCCCCCCCCCC(=O)NC(CO)C(O)CCCCCCCCCCCCCCCCCCC. The van der Waals surface area contributed by atoms with Crippen LogP contribution in [0.25, 0.3) is 0 Å². The van der Waals surface area contributed by atoms with E-state index in [2.05, 4.69) is 55.6 Å².